The van der Waals surface area contributed by atoms with Crippen molar-refractivity contribution in [3.8, 4) is 0 Å². The van der Waals surface area contributed by atoms with E-state index >= 15 is 0 Å². The molecule has 3 heteroatoms. The summed E-state index contributed by atoms with van der Waals surface area (Å²) in [5, 5.41) is 3.19. The van der Waals surface area contributed by atoms with E-state index in [4.69, 9.17) is 0 Å². The summed E-state index contributed by atoms with van der Waals surface area (Å²) in [4.78, 5) is 3.93. The summed E-state index contributed by atoms with van der Waals surface area (Å²) in [5.41, 5.74) is 0.246. The summed E-state index contributed by atoms with van der Waals surface area (Å²) in [5.74, 6) is 0.429. The van der Waals surface area contributed by atoms with Crippen LogP contribution in [0.1, 0.15) is 27.2 Å². The Bertz CT molecular complexity index is 280. The first-order valence-corrected chi connectivity index (χ1v) is 4.89. The molecule has 1 heterocycles. The highest BCUT2D eigenvalue weighted by molar-refractivity contribution is 5.33. The molecule has 0 aliphatic heterocycles. The van der Waals surface area contributed by atoms with Gasteiger partial charge >= 0.3 is 0 Å². The van der Waals surface area contributed by atoms with Crippen molar-refractivity contribution in [3.05, 3.63) is 24.1 Å². The molecule has 0 unspecified atom stereocenters. The fraction of sp³-hybridized carbons (Fsp3) is 0.545. The van der Waals surface area contributed by atoms with Crippen molar-refractivity contribution in [1.82, 2.24) is 4.98 Å². The van der Waals surface area contributed by atoms with Gasteiger partial charge in [-0.3, -0.25) is 0 Å². The van der Waals surface area contributed by atoms with Gasteiger partial charge in [0.25, 0.3) is 0 Å². The summed E-state index contributed by atoms with van der Waals surface area (Å²) in [6, 6.07) is 3.06. The maximum absolute atomic E-state index is 12.5. The van der Waals surface area contributed by atoms with E-state index in [0.29, 0.717) is 0 Å². The van der Waals surface area contributed by atoms with Gasteiger partial charge in [0, 0.05) is 6.54 Å². The number of pyridine rings is 1. The molecule has 0 saturated carbocycles. The Morgan fingerprint density at radius 2 is 2.14 bits per heavy atom. The molecule has 0 amide bonds. The van der Waals surface area contributed by atoms with Gasteiger partial charge in [-0.15, -0.1) is 0 Å². The minimum atomic E-state index is -0.301. The number of aromatic nitrogens is 1. The number of hydrogen-bond donors (Lipinski definition) is 1. The van der Waals surface area contributed by atoms with Crippen molar-refractivity contribution >= 4 is 5.82 Å². The van der Waals surface area contributed by atoms with Gasteiger partial charge < -0.3 is 5.32 Å². The molecule has 2 nitrogen and oxygen atoms in total. The van der Waals surface area contributed by atoms with Crippen molar-refractivity contribution in [3.63, 3.8) is 0 Å². The Hall–Kier alpha value is -1.12. The Morgan fingerprint density at radius 1 is 1.43 bits per heavy atom. The fourth-order valence-electron chi connectivity index (χ4n) is 0.935. The van der Waals surface area contributed by atoms with E-state index < -0.39 is 0 Å². The first kappa shape index (κ1) is 11.0. The fourth-order valence-corrected chi connectivity index (χ4v) is 0.935. The molecule has 1 aromatic rings. The van der Waals surface area contributed by atoms with Gasteiger partial charge in [0.2, 0.25) is 0 Å². The summed E-state index contributed by atoms with van der Waals surface area (Å²) in [7, 11) is 0. The molecule has 0 saturated heterocycles. The van der Waals surface area contributed by atoms with Gasteiger partial charge in [-0.2, -0.15) is 0 Å². The first-order valence-electron chi connectivity index (χ1n) is 4.89. The maximum Gasteiger partial charge on any atom is 0.141 e. The molecule has 0 aliphatic carbocycles. The van der Waals surface area contributed by atoms with E-state index in [1.165, 1.54) is 12.3 Å². The molecular formula is C11H17FN2. The van der Waals surface area contributed by atoms with Crippen LogP contribution in [0.25, 0.3) is 0 Å². The Morgan fingerprint density at radius 3 is 2.64 bits per heavy atom. The number of nitrogens with zero attached hydrogens (tertiary/aromatic N) is 1. The molecule has 1 aromatic heterocycles. The molecule has 0 atom stereocenters. The van der Waals surface area contributed by atoms with Crippen LogP contribution in [-0.2, 0) is 0 Å². The zero-order valence-corrected chi connectivity index (χ0v) is 8.97. The normalized spacial score (nSPS) is 11.4. The second-order valence-corrected chi connectivity index (χ2v) is 4.23. The van der Waals surface area contributed by atoms with Crippen LogP contribution in [0.15, 0.2) is 18.3 Å². The first-order chi connectivity index (χ1) is 6.53. The van der Waals surface area contributed by atoms with Crippen LogP contribution < -0.4 is 5.32 Å². The van der Waals surface area contributed by atoms with E-state index in [2.05, 4.69) is 31.1 Å². The van der Waals surface area contributed by atoms with Crippen LogP contribution in [0.3, 0.4) is 0 Å². The van der Waals surface area contributed by atoms with Crippen molar-refractivity contribution < 1.29 is 4.39 Å². The highest BCUT2D eigenvalue weighted by atomic mass is 19.1. The van der Waals surface area contributed by atoms with Crippen LogP contribution in [0.4, 0.5) is 10.2 Å². The van der Waals surface area contributed by atoms with Gasteiger partial charge in [-0.1, -0.05) is 20.8 Å². The predicted octanol–water partition coefficient (Wildman–Crippen LogP) is 3.07. The molecule has 0 spiro atoms. The van der Waals surface area contributed by atoms with E-state index in [-0.39, 0.29) is 11.2 Å². The Labute approximate surface area is 84.6 Å². The number of anilines is 1. The van der Waals surface area contributed by atoms with Gasteiger partial charge in [0.05, 0.1) is 6.20 Å². The van der Waals surface area contributed by atoms with E-state index in [1.54, 1.807) is 6.07 Å². The van der Waals surface area contributed by atoms with E-state index in [9.17, 15) is 4.39 Å². The number of halogens is 1. The zero-order valence-electron chi connectivity index (χ0n) is 8.97. The molecule has 0 aliphatic rings. The third-order valence-corrected chi connectivity index (χ3v) is 2.43. The number of rotatable bonds is 4. The molecule has 78 valence electrons. The summed E-state index contributed by atoms with van der Waals surface area (Å²) < 4.78 is 12.5. The molecule has 1 N–H and O–H groups in total. The lowest BCUT2D eigenvalue weighted by atomic mass is 9.90. The van der Waals surface area contributed by atoms with Crippen LogP contribution in [0.5, 0.6) is 0 Å². The van der Waals surface area contributed by atoms with Gasteiger partial charge in [-0.25, -0.2) is 9.37 Å². The van der Waals surface area contributed by atoms with Gasteiger partial charge in [0.15, 0.2) is 0 Å². The summed E-state index contributed by atoms with van der Waals surface area (Å²) >= 11 is 0. The second kappa shape index (κ2) is 4.40. The highest BCUT2D eigenvalue weighted by Crippen LogP contribution is 2.19. The van der Waals surface area contributed by atoms with Crippen molar-refractivity contribution in [2.24, 2.45) is 5.41 Å². The van der Waals surface area contributed by atoms with Crippen molar-refractivity contribution in [2.75, 3.05) is 11.9 Å². The average molecular weight is 196 g/mol. The molecule has 0 radical (unpaired) electrons. The van der Waals surface area contributed by atoms with Crippen LogP contribution in [-0.4, -0.2) is 11.5 Å². The van der Waals surface area contributed by atoms with Gasteiger partial charge in [-0.05, 0) is 24.0 Å². The lowest BCUT2D eigenvalue weighted by Crippen LogP contribution is -2.22. The molecular weight excluding hydrogens is 179 g/mol. The third kappa shape index (κ3) is 3.32. The van der Waals surface area contributed by atoms with Crippen molar-refractivity contribution in [2.45, 2.75) is 27.2 Å². The van der Waals surface area contributed by atoms with Crippen LogP contribution in [0, 0.1) is 11.2 Å². The minimum absolute atomic E-state index is 0.246. The third-order valence-electron chi connectivity index (χ3n) is 2.43. The zero-order chi connectivity index (χ0) is 10.6. The Kier molecular flexibility index (Phi) is 3.44. The highest BCUT2D eigenvalue weighted by Gasteiger charge is 2.14. The minimum Gasteiger partial charge on any atom is -0.370 e. The smallest absolute Gasteiger partial charge is 0.141 e. The van der Waals surface area contributed by atoms with Crippen molar-refractivity contribution in [1.29, 1.82) is 0 Å². The largest absolute Gasteiger partial charge is 0.370 e. The molecule has 0 aromatic carbocycles. The lowest BCUT2D eigenvalue weighted by Gasteiger charge is -2.23. The van der Waals surface area contributed by atoms with E-state index in [0.717, 1.165) is 18.8 Å². The predicted molar refractivity (Wildman–Crippen MR) is 56.8 cm³/mol. The SMILES string of the molecule is CCC(C)(C)CNc1ccc(F)cn1. The van der Waals surface area contributed by atoms with Gasteiger partial charge in [0.1, 0.15) is 11.6 Å². The average Bonchev–Trinajstić information content (AvgIpc) is 2.17. The molecule has 1 rings (SSSR count). The van der Waals surface area contributed by atoms with Crippen LogP contribution >= 0.6 is 0 Å². The summed E-state index contributed by atoms with van der Waals surface area (Å²) in [6.07, 6.45) is 2.32. The second-order valence-electron chi connectivity index (χ2n) is 4.23. The molecule has 0 bridgehead atoms. The topological polar surface area (TPSA) is 24.9 Å². The lowest BCUT2D eigenvalue weighted by molar-refractivity contribution is 0.376. The number of hydrogen-bond acceptors (Lipinski definition) is 2. The molecule has 14 heavy (non-hydrogen) atoms. The van der Waals surface area contributed by atoms with E-state index in [1.807, 2.05) is 0 Å². The maximum atomic E-state index is 12.5. The standard InChI is InChI=1S/C11H17FN2/c1-4-11(2,3)8-14-10-6-5-9(12)7-13-10/h5-7H,4,8H2,1-3H3,(H,13,14). The molecule has 0 fully saturated rings. The Balaban J connectivity index is 2.50. The number of nitrogens with one attached hydrogen (secondary N) is 1. The quantitative estimate of drug-likeness (QED) is 0.800. The summed E-state index contributed by atoms with van der Waals surface area (Å²) in [6.45, 7) is 7.37. The monoisotopic (exact) mass is 196 g/mol. The van der Waals surface area contributed by atoms with Crippen LogP contribution in [0.2, 0.25) is 0 Å².